The number of Topliss-reactive ketones (excluding diaryl/α,β-unsaturated/α-hetero) is 1. The number of carbonyl (C=O) groups excluding carboxylic acids is 1. The number of unbranched alkanes of at least 4 members (excludes halogenated alkanes) is 2. The van der Waals surface area contributed by atoms with Crippen LogP contribution in [0, 0.1) is 17.3 Å². The van der Waals surface area contributed by atoms with Crippen LogP contribution in [0.3, 0.4) is 0 Å². The van der Waals surface area contributed by atoms with Gasteiger partial charge in [-0.15, -0.1) is 0 Å². The first-order chi connectivity index (χ1) is 21.0. The van der Waals surface area contributed by atoms with Crippen molar-refractivity contribution in [3.63, 3.8) is 0 Å². The molecule has 249 valence electrons. The Hall–Kier alpha value is -2.00. The molecule has 4 nitrogen and oxygen atoms in total. The number of hydrogen-bond acceptors (Lipinski definition) is 4. The van der Waals surface area contributed by atoms with Crippen LogP contribution in [0.25, 0.3) is 0 Å². The molecule has 1 radical (unpaired) electrons. The average molecular weight is 650 g/mol. The van der Waals surface area contributed by atoms with Crippen LogP contribution in [0.4, 0.5) is 0 Å². The first-order valence-electron chi connectivity index (χ1n) is 17.1. The van der Waals surface area contributed by atoms with Crippen LogP contribution in [-0.4, -0.2) is 34.8 Å². The monoisotopic (exact) mass is 649 g/mol. The summed E-state index contributed by atoms with van der Waals surface area (Å²) in [6, 6.07) is 18.5. The van der Waals surface area contributed by atoms with E-state index in [1.54, 1.807) is 0 Å². The standard InChI is InChI=1S/C39H61O4Si2/c1-12-13-15-22-32(42-45(10,11)38(5,6)7)24-25-34-35(37(2,3)4)27-36(40)39(34,43-44(8)9)28-31-21-18-23-33(26-31)41-29-30-19-16-14-17-20-30/h14,16-21,23-26,32,34-35H,12-13,15,22,27-29H2,1-11H3/t32?,34-,35-,39-/m1/s1. The van der Waals surface area contributed by atoms with Gasteiger partial charge in [0.2, 0.25) is 9.04 Å². The second kappa shape index (κ2) is 15.7. The number of ketones is 1. The minimum absolute atomic E-state index is 0.0363. The van der Waals surface area contributed by atoms with E-state index in [1.165, 1.54) is 12.8 Å². The maximum atomic E-state index is 14.3. The van der Waals surface area contributed by atoms with E-state index in [-0.39, 0.29) is 34.2 Å². The van der Waals surface area contributed by atoms with Crippen molar-refractivity contribution in [3.05, 3.63) is 77.9 Å². The van der Waals surface area contributed by atoms with Gasteiger partial charge in [0, 0.05) is 18.8 Å². The summed E-state index contributed by atoms with van der Waals surface area (Å²) in [7, 11) is -3.19. The van der Waals surface area contributed by atoms with Gasteiger partial charge in [-0.1, -0.05) is 122 Å². The quantitative estimate of drug-likeness (QED) is 0.109. The van der Waals surface area contributed by atoms with Gasteiger partial charge >= 0.3 is 0 Å². The Balaban J connectivity index is 2.01. The minimum atomic E-state index is -1.99. The molecule has 2 aromatic carbocycles. The topological polar surface area (TPSA) is 44.8 Å². The zero-order valence-electron chi connectivity index (χ0n) is 30.2. The number of benzene rings is 2. The first-order valence-corrected chi connectivity index (χ1v) is 22.4. The predicted octanol–water partition coefficient (Wildman–Crippen LogP) is 10.6. The lowest BCUT2D eigenvalue weighted by atomic mass is 9.71. The van der Waals surface area contributed by atoms with E-state index < -0.39 is 23.0 Å². The van der Waals surface area contributed by atoms with Crippen LogP contribution in [0.15, 0.2) is 66.7 Å². The predicted molar refractivity (Wildman–Crippen MR) is 194 cm³/mol. The Bertz CT molecular complexity index is 1240. The number of carbonyl (C=O) groups is 1. The third kappa shape index (κ3) is 10.2. The van der Waals surface area contributed by atoms with Gasteiger partial charge in [0.15, 0.2) is 14.1 Å². The number of rotatable bonds is 15. The highest BCUT2D eigenvalue weighted by Crippen LogP contribution is 2.51. The Morgan fingerprint density at radius 2 is 1.64 bits per heavy atom. The molecule has 1 fully saturated rings. The molecule has 6 heteroatoms. The summed E-state index contributed by atoms with van der Waals surface area (Å²) in [5.74, 6) is 1.17. The van der Waals surface area contributed by atoms with Crippen molar-refractivity contribution in [2.45, 2.75) is 137 Å². The van der Waals surface area contributed by atoms with Crippen LogP contribution in [-0.2, 0) is 26.7 Å². The van der Waals surface area contributed by atoms with Crippen LogP contribution in [0.5, 0.6) is 5.75 Å². The molecule has 0 bridgehead atoms. The molecular weight excluding hydrogens is 589 g/mol. The van der Waals surface area contributed by atoms with Gasteiger partial charge in [0.1, 0.15) is 18.0 Å². The maximum Gasteiger partial charge on any atom is 0.206 e. The molecule has 2 aromatic rings. The third-order valence-electron chi connectivity index (χ3n) is 9.84. The molecule has 0 N–H and O–H groups in total. The molecule has 45 heavy (non-hydrogen) atoms. The molecule has 0 spiro atoms. The van der Waals surface area contributed by atoms with Crippen molar-refractivity contribution in [1.82, 2.24) is 0 Å². The summed E-state index contributed by atoms with van der Waals surface area (Å²) >= 11 is 0. The Morgan fingerprint density at radius 1 is 0.978 bits per heavy atom. The summed E-state index contributed by atoms with van der Waals surface area (Å²) in [4.78, 5) is 14.3. The van der Waals surface area contributed by atoms with Gasteiger partial charge in [-0.25, -0.2) is 0 Å². The van der Waals surface area contributed by atoms with Gasteiger partial charge in [-0.2, -0.15) is 0 Å². The Morgan fingerprint density at radius 3 is 2.24 bits per heavy atom. The fourth-order valence-electron chi connectivity index (χ4n) is 6.26. The zero-order chi connectivity index (χ0) is 33.5. The smallest absolute Gasteiger partial charge is 0.206 e. The normalized spacial score (nSPS) is 22.0. The lowest BCUT2D eigenvalue weighted by Gasteiger charge is -2.41. The lowest BCUT2D eigenvalue weighted by molar-refractivity contribution is -0.132. The van der Waals surface area contributed by atoms with Crippen LogP contribution in [0.1, 0.15) is 91.7 Å². The summed E-state index contributed by atoms with van der Waals surface area (Å²) in [5, 5.41) is 0.128. The molecule has 0 aliphatic heterocycles. The minimum Gasteiger partial charge on any atom is -0.489 e. The fourth-order valence-corrected chi connectivity index (χ4v) is 8.62. The summed E-state index contributed by atoms with van der Waals surface area (Å²) < 4.78 is 20.1. The second-order valence-corrected chi connectivity index (χ2v) is 22.7. The van der Waals surface area contributed by atoms with Gasteiger partial charge in [-0.05, 0) is 72.2 Å². The molecule has 0 amide bonds. The molecule has 1 saturated carbocycles. The van der Waals surface area contributed by atoms with E-state index in [4.69, 9.17) is 13.6 Å². The maximum absolute atomic E-state index is 14.3. The first kappa shape index (κ1) is 37.5. The van der Waals surface area contributed by atoms with E-state index in [2.05, 4.69) is 111 Å². The van der Waals surface area contributed by atoms with Crippen molar-refractivity contribution in [1.29, 1.82) is 0 Å². The van der Waals surface area contributed by atoms with Crippen molar-refractivity contribution in [3.8, 4) is 5.75 Å². The third-order valence-corrected chi connectivity index (χ3v) is 15.1. The fraction of sp³-hybridized carbons (Fsp3) is 0.615. The van der Waals surface area contributed by atoms with Crippen LogP contribution in [0.2, 0.25) is 31.2 Å². The number of ether oxygens (including phenoxy) is 1. The number of hydrogen-bond donors (Lipinski definition) is 0. The molecule has 1 aliphatic carbocycles. The van der Waals surface area contributed by atoms with E-state index in [0.717, 1.165) is 29.7 Å². The highest BCUT2D eigenvalue weighted by atomic mass is 28.4. The summed E-state index contributed by atoms with van der Waals surface area (Å²) in [5.41, 5.74) is 1.24. The highest BCUT2D eigenvalue weighted by molar-refractivity contribution is 6.74. The molecule has 1 aliphatic rings. The molecule has 0 aromatic heterocycles. The summed E-state index contributed by atoms with van der Waals surface area (Å²) in [6.07, 6.45) is 10.3. The van der Waals surface area contributed by atoms with E-state index in [9.17, 15) is 4.79 Å². The van der Waals surface area contributed by atoms with Crippen molar-refractivity contribution in [2.24, 2.45) is 17.3 Å². The molecule has 4 atom stereocenters. The van der Waals surface area contributed by atoms with Crippen LogP contribution < -0.4 is 4.74 Å². The molecule has 0 saturated heterocycles. The molecule has 1 unspecified atom stereocenters. The Kier molecular flexibility index (Phi) is 13.1. The van der Waals surface area contributed by atoms with Gasteiger partial charge in [0.05, 0.1) is 6.10 Å². The van der Waals surface area contributed by atoms with Crippen molar-refractivity contribution < 1.29 is 18.4 Å². The van der Waals surface area contributed by atoms with Crippen LogP contribution >= 0.6 is 0 Å². The largest absolute Gasteiger partial charge is 0.489 e. The van der Waals surface area contributed by atoms with E-state index in [1.807, 2.05) is 30.3 Å². The average Bonchev–Trinajstić information content (AvgIpc) is 3.21. The molecular formula is C39H61O4Si2. The second-order valence-electron chi connectivity index (χ2n) is 15.9. The van der Waals surface area contributed by atoms with E-state index in [0.29, 0.717) is 19.4 Å². The lowest BCUT2D eigenvalue weighted by Crippen LogP contribution is -2.49. The Labute approximate surface area is 278 Å². The highest BCUT2D eigenvalue weighted by Gasteiger charge is 2.57. The van der Waals surface area contributed by atoms with E-state index >= 15 is 0 Å². The van der Waals surface area contributed by atoms with Crippen molar-refractivity contribution in [2.75, 3.05) is 0 Å². The summed E-state index contributed by atoms with van der Waals surface area (Å²) in [6.45, 7) is 25.5. The van der Waals surface area contributed by atoms with Gasteiger partial charge in [0.25, 0.3) is 0 Å². The van der Waals surface area contributed by atoms with Crippen molar-refractivity contribution >= 4 is 23.1 Å². The van der Waals surface area contributed by atoms with Gasteiger partial charge in [-0.3, -0.25) is 4.79 Å². The zero-order valence-corrected chi connectivity index (χ0v) is 32.2. The SMILES string of the molecule is CCCCCC(C=C[C@@H]1[C@H](C(C)(C)C)CC(=O)[C@]1(Cc1cccc(OCc2ccccc2)c1)O[Si](C)C)O[Si](C)(C)C(C)(C)C. The van der Waals surface area contributed by atoms with Gasteiger partial charge < -0.3 is 13.6 Å². The molecule has 0 heterocycles. The molecule has 3 rings (SSSR count).